The maximum Gasteiger partial charge on any atom is 0.241 e. The van der Waals surface area contributed by atoms with Crippen molar-refractivity contribution in [3.05, 3.63) is 77.9 Å². The highest BCUT2D eigenvalue weighted by molar-refractivity contribution is 6.09. The van der Waals surface area contributed by atoms with Crippen molar-refractivity contribution in [1.29, 1.82) is 0 Å². The number of benzene rings is 2. The number of carbonyl (C=O) groups is 1. The number of allylic oxidation sites excluding steroid dienone is 1. The molecule has 1 aliphatic rings. The molecule has 5 heteroatoms. The van der Waals surface area contributed by atoms with E-state index in [-0.39, 0.29) is 12.5 Å². The summed E-state index contributed by atoms with van der Waals surface area (Å²) in [6.45, 7) is 4.82. The van der Waals surface area contributed by atoms with Gasteiger partial charge in [-0.1, -0.05) is 36.4 Å². The number of hydrazone groups is 1. The molecule has 0 spiro atoms. The van der Waals surface area contributed by atoms with Gasteiger partial charge in [0.25, 0.3) is 0 Å². The highest BCUT2D eigenvalue weighted by Gasteiger charge is 2.23. The van der Waals surface area contributed by atoms with Gasteiger partial charge in [0.1, 0.15) is 12.3 Å². The van der Waals surface area contributed by atoms with Crippen molar-refractivity contribution in [3.63, 3.8) is 0 Å². The largest absolute Gasteiger partial charge is 0.497 e. The number of nitrogens with zero attached hydrogens (tertiary/aromatic N) is 2. The molecule has 2 aromatic rings. The predicted molar refractivity (Wildman–Crippen MR) is 108 cm³/mol. The van der Waals surface area contributed by atoms with E-state index in [1.165, 1.54) is 0 Å². The molecular formula is C22H25N3O2. The Kier molecular flexibility index (Phi) is 5.60. The van der Waals surface area contributed by atoms with E-state index in [9.17, 15) is 4.79 Å². The van der Waals surface area contributed by atoms with Gasteiger partial charge in [-0.2, -0.15) is 5.10 Å². The minimum absolute atomic E-state index is 0.0583. The van der Waals surface area contributed by atoms with E-state index < -0.39 is 5.54 Å². The molecule has 0 saturated heterocycles. The summed E-state index contributed by atoms with van der Waals surface area (Å²) in [7, 11) is 1.64. The van der Waals surface area contributed by atoms with Crippen molar-refractivity contribution in [1.82, 2.24) is 10.3 Å². The van der Waals surface area contributed by atoms with Crippen LogP contribution in [-0.2, 0) is 10.3 Å². The topological polar surface area (TPSA) is 53.9 Å². The van der Waals surface area contributed by atoms with Gasteiger partial charge in [-0.05, 0) is 49.8 Å². The number of nitrogens with one attached hydrogen (secondary N) is 1. The van der Waals surface area contributed by atoms with Crippen LogP contribution in [0.5, 0.6) is 5.75 Å². The van der Waals surface area contributed by atoms with E-state index in [1.807, 2.05) is 80.6 Å². The highest BCUT2D eigenvalue weighted by Crippen LogP contribution is 2.19. The van der Waals surface area contributed by atoms with Crippen molar-refractivity contribution in [3.8, 4) is 5.75 Å². The van der Waals surface area contributed by atoms with Gasteiger partial charge in [-0.25, -0.2) is 0 Å². The number of amides is 1. The van der Waals surface area contributed by atoms with Crippen LogP contribution in [0.1, 0.15) is 25.0 Å². The maximum atomic E-state index is 12.6. The van der Waals surface area contributed by atoms with Gasteiger partial charge in [-0.3, -0.25) is 9.80 Å². The van der Waals surface area contributed by atoms with E-state index in [0.29, 0.717) is 6.54 Å². The third-order valence-corrected chi connectivity index (χ3v) is 4.50. The lowest BCUT2D eigenvalue weighted by atomic mass is 9.94. The fourth-order valence-corrected chi connectivity index (χ4v) is 3.01. The quantitative estimate of drug-likeness (QED) is 0.857. The number of hydrogen-bond donors (Lipinski definition) is 1. The average molecular weight is 363 g/mol. The second-order valence-corrected chi connectivity index (χ2v) is 7.00. The van der Waals surface area contributed by atoms with Crippen LogP contribution in [0.15, 0.2) is 71.9 Å². The predicted octanol–water partition coefficient (Wildman–Crippen LogP) is 3.32. The average Bonchev–Trinajstić information content (AvgIpc) is 2.68. The molecule has 140 valence electrons. The molecule has 5 nitrogen and oxygen atoms in total. The van der Waals surface area contributed by atoms with Gasteiger partial charge in [0, 0.05) is 5.56 Å². The van der Waals surface area contributed by atoms with Gasteiger partial charge in [0.05, 0.1) is 24.9 Å². The molecule has 1 amide bonds. The molecular weight excluding hydrogens is 338 g/mol. The van der Waals surface area contributed by atoms with E-state index in [0.717, 1.165) is 22.6 Å². The first-order valence-electron chi connectivity index (χ1n) is 8.99. The third kappa shape index (κ3) is 4.76. The van der Waals surface area contributed by atoms with Crippen LogP contribution < -0.4 is 10.1 Å². The van der Waals surface area contributed by atoms with Crippen molar-refractivity contribution in [2.45, 2.75) is 19.4 Å². The Morgan fingerprint density at radius 1 is 1.15 bits per heavy atom. The smallest absolute Gasteiger partial charge is 0.241 e. The van der Waals surface area contributed by atoms with Crippen molar-refractivity contribution in [2.75, 3.05) is 20.2 Å². The molecule has 0 unspecified atom stereocenters. The second kappa shape index (κ2) is 8.08. The second-order valence-electron chi connectivity index (χ2n) is 7.00. The van der Waals surface area contributed by atoms with Crippen LogP contribution in [0.4, 0.5) is 0 Å². The zero-order valence-corrected chi connectivity index (χ0v) is 16.0. The highest BCUT2D eigenvalue weighted by atomic mass is 16.5. The SMILES string of the molecule is COc1ccc(C2=NN(CC(=O)NC(C)(C)c3ccccc3)CC=C2)cc1. The summed E-state index contributed by atoms with van der Waals surface area (Å²) in [5.41, 5.74) is 2.45. The van der Waals surface area contributed by atoms with E-state index in [1.54, 1.807) is 12.1 Å². The molecule has 0 fully saturated rings. The molecule has 3 rings (SSSR count). The number of hydrogen-bond acceptors (Lipinski definition) is 4. The Morgan fingerprint density at radius 3 is 2.52 bits per heavy atom. The lowest BCUT2D eigenvalue weighted by Gasteiger charge is -2.29. The molecule has 27 heavy (non-hydrogen) atoms. The summed E-state index contributed by atoms with van der Waals surface area (Å²) < 4.78 is 5.19. The lowest BCUT2D eigenvalue weighted by Crippen LogP contribution is -2.45. The molecule has 2 aromatic carbocycles. The van der Waals surface area contributed by atoms with Gasteiger partial charge in [0.2, 0.25) is 5.91 Å². The van der Waals surface area contributed by atoms with Gasteiger partial charge in [-0.15, -0.1) is 0 Å². The summed E-state index contributed by atoms with van der Waals surface area (Å²) in [6, 6.07) is 17.7. The molecule has 0 bridgehead atoms. The van der Waals surface area contributed by atoms with Crippen LogP contribution in [-0.4, -0.2) is 36.8 Å². The Morgan fingerprint density at radius 2 is 1.85 bits per heavy atom. The summed E-state index contributed by atoms with van der Waals surface area (Å²) >= 11 is 0. The minimum atomic E-state index is -0.438. The summed E-state index contributed by atoms with van der Waals surface area (Å²) in [4.78, 5) is 12.6. The van der Waals surface area contributed by atoms with Crippen molar-refractivity contribution < 1.29 is 9.53 Å². The fourth-order valence-electron chi connectivity index (χ4n) is 3.01. The number of ether oxygens (including phenoxy) is 1. The first kappa shape index (κ1) is 18.7. The Hall–Kier alpha value is -3.08. The Bertz CT molecular complexity index is 840. The van der Waals surface area contributed by atoms with Crippen LogP contribution in [0.2, 0.25) is 0 Å². The van der Waals surface area contributed by atoms with Gasteiger partial charge in [0.15, 0.2) is 0 Å². The maximum absolute atomic E-state index is 12.6. The first-order valence-corrected chi connectivity index (χ1v) is 8.99. The molecule has 1 N–H and O–H groups in total. The van der Waals surface area contributed by atoms with E-state index in [4.69, 9.17) is 4.74 Å². The molecule has 1 aliphatic heterocycles. The molecule has 1 heterocycles. The van der Waals surface area contributed by atoms with E-state index in [2.05, 4.69) is 10.4 Å². The number of carbonyl (C=O) groups excluding carboxylic acids is 1. The molecule has 0 atom stereocenters. The lowest BCUT2D eigenvalue weighted by molar-refractivity contribution is -0.123. The summed E-state index contributed by atoms with van der Waals surface area (Å²) in [5, 5.41) is 9.48. The Labute approximate surface area is 160 Å². The standard InChI is InChI=1S/C22H25N3O2/c1-22(2,18-8-5-4-6-9-18)23-21(26)16-25-15-7-10-20(24-25)17-11-13-19(27-3)14-12-17/h4-14H,15-16H2,1-3H3,(H,23,26). The minimum Gasteiger partial charge on any atom is -0.497 e. The monoisotopic (exact) mass is 363 g/mol. The third-order valence-electron chi connectivity index (χ3n) is 4.50. The molecule has 0 aromatic heterocycles. The summed E-state index contributed by atoms with van der Waals surface area (Å²) in [6.07, 6.45) is 3.99. The fraction of sp³-hybridized carbons (Fsp3) is 0.273. The van der Waals surface area contributed by atoms with Crippen LogP contribution in [0, 0.1) is 0 Å². The van der Waals surface area contributed by atoms with Crippen molar-refractivity contribution >= 4 is 11.6 Å². The molecule has 0 saturated carbocycles. The van der Waals surface area contributed by atoms with Crippen molar-refractivity contribution in [2.24, 2.45) is 5.10 Å². The normalized spacial score (nSPS) is 13.9. The Balaban J connectivity index is 1.65. The van der Waals surface area contributed by atoms with Gasteiger partial charge >= 0.3 is 0 Å². The first-order chi connectivity index (χ1) is 13.0. The number of rotatable bonds is 6. The molecule has 0 radical (unpaired) electrons. The zero-order valence-electron chi connectivity index (χ0n) is 16.0. The summed E-state index contributed by atoms with van der Waals surface area (Å²) in [5.74, 6) is 0.746. The van der Waals surface area contributed by atoms with Gasteiger partial charge < -0.3 is 10.1 Å². The van der Waals surface area contributed by atoms with E-state index >= 15 is 0 Å². The number of methoxy groups -OCH3 is 1. The van der Waals surface area contributed by atoms with Crippen LogP contribution in [0.25, 0.3) is 0 Å². The molecule has 0 aliphatic carbocycles. The van der Waals surface area contributed by atoms with Crippen LogP contribution >= 0.6 is 0 Å². The van der Waals surface area contributed by atoms with Crippen LogP contribution in [0.3, 0.4) is 0 Å². The zero-order chi connectivity index (χ0) is 19.3.